The van der Waals surface area contributed by atoms with Gasteiger partial charge in [-0.25, -0.2) is 0 Å². The van der Waals surface area contributed by atoms with E-state index in [1.807, 2.05) is 72.2 Å². The van der Waals surface area contributed by atoms with Crippen LogP contribution in [0.5, 0.6) is 0 Å². The third-order valence-electron chi connectivity index (χ3n) is 4.10. The lowest BCUT2D eigenvalue weighted by Gasteiger charge is -2.25. The fourth-order valence-electron chi connectivity index (χ4n) is 2.98. The van der Waals surface area contributed by atoms with Crippen molar-refractivity contribution in [2.24, 2.45) is 0 Å². The van der Waals surface area contributed by atoms with E-state index in [0.717, 1.165) is 22.2 Å². The summed E-state index contributed by atoms with van der Waals surface area (Å²) in [5.74, 6) is 5.88. The summed E-state index contributed by atoms with van der Waals surface area (Å²) in [4.78, 5) is 0. The Hall–Kier alpha value is -2.54. The molecule has 24 heavy (non-hydrogen) atoms. The van der Waals surface area contributed by atoms with Crippen molar-refractivity contribution in [1.82, 2.24) is 4.57 Å². The highest BCUT2D eigenvalue weighted by molar-refractivity contribution is 5.82. The van der Waals surface area contributed by atoms with Gasteiger partial charge in [0, 0.05) is 17.6 Å². The van der Waals surface area contributed by atoms with Crippen molar-refractivity contribution in [3.05, 3.63) is 71.9 Å². The quantitative estimate of drug-likeness (QED) is 0.724. The molecule has 3 aromatic rings. The van der Waals surface area contributed by atoms with Gasteiger partial charge in [0.05, 0.1) is 11.2 Å². The molecular formula is C21H21NO2. The molecule has 3 nitrogen and oxygen atoms in total. The molecule has 0 aliphatic rings. The van der Waals surface area contributed by atoms with Crippen LogP contribution in [0.1, 0.15) is 25.1 Å². The number of para-hydroxylation sites is 1. The van der Waals surface area contributed by atoms with Crippen LogP contribution in [-0.2, 0) is 17.1 Å². The van der Waals surface area contributed by atoms with Gasteiger partial charge in [-0.15, -0.1) is 5.92 Å². The van der Waals surface area contributed by atoms with Crippen molar-refractivity contribution >= 4 is 10.9 Å². The highest BCUT2D eigenvalue weighted by atomic mass is 16.5. The third-order valence-corrected chi connectivity index (χ3v) is 4.10. The highest BCUT2D eigenvalue weighted by Gasteiger charge is 2.33. The first-order chi connectivity index (χ1) is 11.7. The van der Waals surface area contributed by atoms with Crippen LogP contribution >= 0.6 is 0 Å². The Balaban J connectivity index is 2.26. The molecular weight excluding hydrogens is 298 g/mol. The number of nitrogens with zero attached hydrogens (tertiary/aromatic N) is 1. The van der Waals surface area contributed by atoms with Gasteiger partial charge in [-0.3, -0.25) is 0 Å². The van der Waals surface area contributed by atoms with Crippen LogP contribution in [-0.4, -0.2) is 16.3 Å². The second kappa shape index (κ2) is 6.92. The molecule has 1 unspecified atom stereocenters. The van der Waals surface area contributed by atoms with Crippen LogP contribution in [0.2, 0.25) is 0 Å². The predicted octanol–water partition coefficient (Wildman–Crippen LogP) is 3.89. The molecule has 0 saturated carbocycles. The Kier molecular flexibility index (Phi) is 4.71. The van der Waals surface area contributed by atoms with E-state index < -0.39 is 5.60 Å². The maximum Gasteiger partial charge on any atom is 0.192 e. The topological polar surface area (TPSA) is 34.4 Å². The second-order valence-corrected chi connectivity index (χ2v) is 5.59. The maximum atomic E-state index is 11.5. The van der Waals surface area contributed by atoms with E-state index >= 15 is 0 Å². The summed E-state index contributed by atoms with van der Waals surface area (Å²) < 4.78 is 7.64. The first-order valence-electron chi connectivity index (χ1n) is 8.09. The number of aromatic nitrogens is 1. The van der Waals surface area contributed by atoms with E-state index in [1.165, 1.54) is 0 Å². The third kappa shape index (κ3) is 2.82. The van der Waals surface area contributed by atoms with Crippen LogP contribution in [0.15, 0.2) is 60.7 Å². The van der Waals surface area contributed by atoms with Crippen molar-refractivity contribution < 1.29 is 9.84 Å². The van der Waals surface area contributed by atoms with Gasteiger partial charge in [0.1, 0.15) is 6.73 Å². The second-order valence-electron chi connectivity index (χ2n) is 5.59. The van der Waals surface area contributed by atoms with E-state index in [2.05, 4.69) is 11.8 Å². The molecule has 0 amide bonds. The standard InChI is InChI=1S/C21H21NO2/c1-3-14-21(23,18-11-6-5-7-12-18)20-15-17-10-8-9-13-19(17)22(20)16-24-4-2/h5-13,15,23H,4,16H2,1-2H3. The normalized spacial score (nSPS) is 13.3. The summed E-state index contributed by atoms with van der Waals surface area (Å²) >= 11 is 0. The predicted molar refractivity (Wildman–Crippen MR) is 96.5 cm³/mol. The molecule has 0 bridgehead atoms. The summed E-state index contributed by atoms with van der Waals surface area (Å²) in [5, 5.41) is 12.5. The zero-order valence-corrected chi connectivity index (χ0v) is 14.0. The number of benzene rings is 2. The lowest BCUT2D eigenvalue weighted by atomic mass is 9.90. The van der Waals surface area contributed by atoms with Crippen LogP contribution < -0.4 is 0 Å². The number of aliphatic hydroxyl groups is 1. The number of hydrogen-bond acceptors (Lipinski definition) is 2. The van der Waals surface area contributed by atoms with Gasteiger partial charge in [-0.1, -0.05) is 54.5 Å². The molecule has 1 atom stereocenters. The van der Waals surface area contributed by atoms with Gasteiger partial charge in [-0.2, -0.15) is 0 Å². The summed E-state index contributed by atoms with van der Waals surface area (Å²) in [6.45, 7) is 4.68. The van der Waals surface area contributed by atoms with Crippen molar-refractivity contribution in [2.45, 2.75) is 26.2 Å². The first-order valence-corrected chi connectivity index (χ1v) is 8.09. The maximum absolute atomic E-state index is 11.5. The van der Waals surface area contributed by atoms with E-state index in [1.54, 1.807) is 6.92 Å². The van der Waals surface area contributed by atoms with Crippen LogP contribution in [0.3, 0.4) is 0 Å². The largest absolute Gasteiger partial charge is 0.368 e. The Morgan fingerprint density at radius 3 is 2.50 bits per heavy atom. The van der Waals surface area contributed by atoms with Gasteiger partial charge in [-0.05, 0) is 26.0 Å². The highest BCUT2D eigenvalue weighted by Crippen LogP contribution is 2.33. The average molecular weight is 319 g/mol. The molecule has 0 aliphatic heterocycles. The molecule has 122 valence electrons. The Morgan fingerprint density at radius 1 is 1.08 bits per heavy atom. The summed E-state index contributed by atoms with van der Waals surface area (Å²) in [7, 11) is 0. The molecule has 1 N–H and O–H groups in total. The SMILES string of the molecule is CC#CC(O)(c1ccccc1)c1cc2ccccc2n1COCC. The molecule has 1 aromatic heterocycles. The molecule has 0 saturated heterocycles. The van der Waals surface area contributed by atoms with Gasteiger partial charge in [0.2, 0.25) is 0 Å². The molecule has 3 heteroatoms. The first kappa shape index (κ1) is 16.3. The van der Waals surface area contributed by atoms with Crippen LogP contribution in [0.4, 0.5) is 0 Å². The zero-order valence-electron chi connectivity index (χ0n) is 14.0. The summed E-state index contributed by atoms with van der Waals surface area (Å²) in [5.41, 5.74) is 1.11. The summed E-state index contributed by atoms with van der Waals surface area (Å²) in [6.07, 6.45) is 0. The lowest BCUT2D eigenvalue weighted by molar-refractivity contribution is 0.0740. The Morgan fingerprint density at radius 2 is 1.79 bits per heavy atom. The van der Waals surface area contributed by atoms with E-state index in [0.29, 0.717) is 13.3 Å². The summed E-state index contributed by atoms with van der Waals surface area (Å²) in [6, 6.07) is 19.6. The van der Waals surface area contributed by atoms with Crippen LogP contribution in [0.25, 0.3) is 10.9 Å². The zero-order chi connectivity index (χ0) is 17.0. The van der Waals surface area contributed by atoms with E-state index in [9.17, 15) is 5.11 Å². The Bertz CT molecular complexity index is 886. The number of rotatable bonds is 5. The molecule has 3 rings (SSSR count). The van der Waals surface area contributed by atoms with Gasteiger partial charge in [0.15, 0.2) is 5.60 Å². The van der Waals surface area contributed by atoms with Gasteiger partial charge < -0.3 is 14.4 Å². The molecule has 0 aliphatic carbocycles. The minimum absolute atomic E-state index is 0.375. The molecule has 2 aromatic carbocycles. The van der Waals surface area contributed by atoms with Crippen LogP contribution in [0, 0.1) is 11.8 Å². The smallest absolute Gasteiger partial charge is 0.192 e. The van der Waals surface area contributed by atoms with E-state index in [-0.39, 0.29) is 0 Å². The molecule has 1 heterocycles. The van der Waals surface area contributed by atoms with Crippen molar-refractivity contribution in [3.8, 4) is 11.8 Å². The van der Waals surface area contributed by atoms with Gasteiger partial charge in [0.25, 0.3) is 0 Å². The molecule has 0 fully saturated rings. The van der Waals surface area contributed by atoms with Crippen molar-refractivity contribution in [3.63, 3.8) is 0 Å². The number of hydrogen-bond donors (Lipinski definition) is 1. The fraction of sp³-hybridized carbons (Fsp3) is 0.238. The van der Waals surface area contributed by atoms with Crippen molar-refractivity contribution in [2.75, 3.05) is 6.61 Å². The number of ether oxygens (including phenoxy) is 1. The monoisotopic (exact) mass is 319 g/mol. The minimum Gasteiger partial charge on any atom is -0.368 e. The van der Waals surface area contributed by atoms with Gasteiger partial charge >= 0.3 is 0 Å². The average Bonchev–Trinajstić information content (AvgIpc) is 3.00. The fourth-order valence-corrected chi connectivity index (χ4v) is 2.98. The number of fused-ring (bicyclic) bond motifs is 1. The Labute approximate surface area is 142 Å². The molecule has 0 radical (unpaired) electrons. The van der Waals surface area contributed by atoms with Crippen molar-refractivity contribution in [1.29, 1.82) is 0 Å². The minimum atomic E-state index is -1.38. The molecule has 0 spiro atoms. The lowest BCUT2D eigenvalue weighted by Crippen LogP contribution is -2.29. The van der Waals surface area contributed by atoms with E-state index in [4.69, 9.17) is 4.74 Å².